The lowest BCUT2D eigenvalue weighted by molar-refractivity contribution is 0.713. The van der Waals surface area contributed by atoms with Crippen molar-refractivity contribution in [2.75, 3.05) is 0 Å². The number of rotatable bonds is 1. The van der Waals surface area contributed by atoms with Crippen LogP contribution in [0.4, 0.5) is 0 Å². The summed E-state index contributed by atoms with van der Waals surface area (Å²) in [6.07, 6.45) is 5.48. The Morgan fingerprint density at radius 2 is 1.70 bits per heavy atom. The zero-order valence-electron chi connectivity index (χ0n) is 13.9. The first-order chi connectivity index (χ1) is 11.1. The summed E-state index contributed by atoms with van der Waals surface area (Å²) in [5.41, 5.74) is 9.19. The molecule has 1 heterocycles. The Morgan fingerprint density at radius 1 is 0.913 bits per heavy atom. The zero-order chi connectivity index (χ0) is 16.0. The van der Waals surface area contributed by atoms with Gasteiger partial charge in [-0.05, 0) is 66.6 Å². The van der Waals surface area contributed by atoms with E-state index < -0.39 is 0 Å². The second-order valence-electron chi connectivity index (χ2n) is 6.80. The van der Waals surface area contributed by atoms with Gasteiger partial charge in [0.15, 0.2) is 0 Å². The van der Waals surface area contributed by atoms with Crippen LogP contribution in [0.1, 0.15) is 34.7 Å². The molecule has 1 atom stereocenters. The quantitative estimate of drug-likeness (QED) is 0.580. The number of aryl methyl sites for hydroxylation is 2. The lowest BCUT2D eigenvalue weighted by atomic mass is 9.81. The summed E-state index contributed by atoms with van der Waals surface area (Å²) in [5.74, 6) is 0.562. The van der Waals surface area contributed by atoms with Crippen LogP contribution in [0.2, 0.25) is 0 Å². The Balaban J connectivity index is 1.99. The maximum absolute atomic E-state index is 4.54. The van der Waals surface area contributed by atoms with E-state index in [1.54, 1.807) is 0 Å². The first-order valence-corrected chi connectivity index (χ1v) is 8.29. The first kappa shape index (κ1) is 14.2. The molecule has 0 aliphatic heterocycles. The van der Waals surface area contributed by atoms with Crippen LogP contribution in [0.3, 0.4) is 0 Å². The highest BCUT2D eigenvalue weighted by atomic mass is 14.6. The van der Waals surface area contributed by atoms with E-state index in [1.165, 1.54) is 38.8 Å². The molecule has 2 aromatic carbocycles. The SMILES string of the molecule is Cc1ccc2c(c1)CC(C)C=C2c1ccnc2ccc(C)cc12. The van der Waals surface area contributed by atoms with E-state index >= 15 is 0 Å². The van der Waals surface area contributed by atoms with Gasteiger partial charge in [0.25, 0.3) is 0 Å². The van der Waals surface area contributed by atoms with Gasteiger partial charge >= 0.3 is 0 Å². The van der Waals surface area contributed by atoms with Gasteiger partial charge < -0.3 is 0 Å². The van der Waals surface area contributed by atoms with Crippen LogP contribution in [0.25, 0.3) is 16.5 Å². The van der Waals surface area contributed by atoms with Crippen molar-refractivity contribution in [3.05, 3.63) is 82.6 Å². The van der Waals surface area contributed by atoms with Crippen LogP contribution in [-0.4, -0.2) is 4.98 Å². The van der Waals surface area contributed by atoms with Crippen molar-refractivity contribution in [3.8, 4) is 0 Å². The number of allylic oxidation sites excluding steroid dienone is 1. The van der Waals surface area contributed by atoms with E-state index in [1.807, 2.05) is 6.20 Å². The van der Waals surface area contributed by atoms with Gasteiger partial charge in [0, 0.05) is 11.6 Å². The van der Waals surface area contributed by atoms with Gasteiger partial charge in [-0.2, -0.15) is 0 Å². The Morgan fingerprint density at radius 3 is 2.57 bits per heavy atom. The Kier molecular flexibility index (Phi) is 3.30. The highest BCUT2D eigenvalue weighted by Crippen LogP contribution is 2.37. The number of nitrogens with zero attached hydrogens (tertiary/aromatic N) is 1. The number of benzene rings is 2. The fourth-order valence-electron chi connectivity index (χ4n) is 3.66. The van der Waals surface area contributed by atoms with Gasteiger partial charge in [0.2, 0.25) is 0 Å². The number of hydrogen-bond donors (Lipinski definition) is 0. The van der Waals surface area contributed by atoms with E-state index in [0.29, 0.717) is 5.92 Å². The topological polar surface area (TPSA) is 12.9 Å². The summed E-state index contributed by atoms with van der Waals surface area (Å²) in [5, 5.41) is 1.25. The molecule has 0 N–H and O–H groups in total. The molecule has 3 aromatic rings. The molecule has 0 bridgehead atoms. The van der Waals surface area contributed by atoms with Crippen LogP contribution < -0.4 is 0 Å². The van der Waals surface area contributed by atoms with Crippen LogP contribution >= 0.6 is 0 Å². The van der Waals surface area contributed by atoms with Gasteiger partial charge in [0.1, 0.15) is 0 Å². The molecule has 0 saturated heterocycles. The smallest absolute Gasteiger partial charge is 0.0708 e. The van der Waals surface area contributed by atoms with Gasteiger partial charge in [0.05, 0.1) is 5.52 Å². The van der Waals surface area contributed by atoms with Gasteiger partial charge in [-0.3, -0.25) is 4.98 Å². The van der Waals surface area contributed by atoms with Gasteiger partial charge in [-0.25, -0.2) is 0 Å². The van der Waals surface area contributed by atoms with E-state index in [0.717, 1.165) is 11.9 Å². The molecule has 1 aliphatic rings. The molecule has 1 aliphatic carbocycles. The summed E-state index contributed by atoms with van der Waals surface area (Å²) < 4.78 is 0. The van der Waals surface area contributed by atoms with E-state index in [2.05, 4.69) is 74.3 Å². The first-order valence-electron chi connectivity index (χ1n) is 8.29. The van der Waals surface area contributed by atoms with E-state index in [9.17, 15) is 0 Å². The molecule has 0 amide bonds. The lowest BCUT2D eigenvalue weighted by Gasteiger charge is -2.23. The molecule has 114 valence electrons. The maximum Gasteiger partial charge on any atom is 0.0708 e. The number of fused-ring (bicyclic) bond motifs is 2. The minimum absolute atomic E-state index is 0.562. The number of aromatic nitrogens is 1. The van der Waals surface area contributed by atoms with Gasteiger partial charge in [-0.1, -0.05) is 48.4 Å². The third-order valence-electron chi connectivity index (χ3n) is 4.73. The van der Waals surface area contributed by atoms with Crippen molar-refractivity contribution in [3.63, 3.8) is 0 Å². The molecule has 1 aromatic heterocycles. The van der Waals surface area contributed by atoms with E-state index in [4.69, 9.17) is 0 Å². The van der Waals surface area contributed by atoms with Crippen molar-refractivity contribution in [1.29, 1.82) is 0 Å². The summed E-state index contributed by atoms with van der Waals surface area (Å²) in [4.78, 5) is 4.54. The third-order valence-corrected chi connectivity index (χ3v) is 4.73. The number of hydrogen-bond acceptors (Lipinski definition) is 1. The van der Waals surface area contributed by atoms with Crippen LogP contribution in [0, 0.1) is 19.8 Å². The van der Waals surface area contributed by atoms with Crippen molar-refractivity contribution in [2.24, 2.45) is 5.92 Å². The molecule has 0 spiro atoms. The fourth-order valence-corrected chi connectivity index (χ4v) is 3.66. The largest absolute Gasteiger partial charge is 0.256 e. The molecule has 4 rings (SSSR count). The standard InChI is InChI=1S/C22H21N/c1-14-4-6-18-17(10-14)11-16(3)13-20(18)19-8-9-23-22-7-5-15(2)12-21(19)22/h4-10,12-13,16H,11H2,1-3H3. The highest BCUT2D eigenvalue weighted by molar-refractivity contribution is 5.97. The number of pyridine rings is 1. The zero-order valence-corrected chi connectivity index (χ0v) is 13.9. The minimum Gasteiger partial charge on any atom is -0.256 e. The second-order valence-corrected chi connectivity index (χ2v) is 6.80. The Labute approximate surface area is 137 Å². The normalized spacial score (nSPS) is 17.0. The summed E-state index contributed by atoms with van der Waals surface area (Å²) >= 11 is 0. The molecule has 0 saturated carbocycles. The summed E-state index contributed by atoms with van der Waals surface area (Å²) in [6, 6.07) is 15.5. The predicted molar refractivity (Wildman–Crippen MR) is 97.6 cm³/mol. The highest BCUT2D eigenvalue weighted by Gasteiger charge is 2.19. The second kappa shape index (κ2) is 5.34. The fraction of sp³-hybridized carbons (Fsp3) is 0.227. The van der Waals surface area contributed by atoms with Crippen LogP contribution in [0.15, 0.2) is 54.7 Å². The summed E-state index contributed by atoms with van der Waals surface area (Å²) in [6.45, 7) is 6.62. The molecule has 0 fully saturated rings. The average Bonchev–Trinajstić information content (AvgIpc) is 2.53. The van der Waals surface area contributed by atoms with Crippen molar-refractivity contribution < 1.29 is 0 Å². The average molecular weight is 299 g/mol. The lowest BCUT2D eigenvalue weighted by Crippen LogP contribution is -2.09. The molecule has 23 heavy (non-hydrogen) atoms. The summed E-state index contributed by atoms with van der Waals surface area (Å²) in [7, 11) is 0. The van der Waals surface area contributed by atoms with Crippen molar-refractivity contribution in [1.82, 2.24) is 4.98 Å². The van der Waals surface area contributed by atoms with E-state index in [-0.39, 0.29) is 0 Å². The molecule has 0 radical (unpaired) electrons. The van der Waals surface area contributed by atoms with Crippen molar-refractivity contribution >= 4 is 16.5 Å². The van der Waals surface area contributed by atoms with Crippen molar-refractivity contribution in [2.45, 2.75) is 27.2 Å². The molecule has 1 nitrogen and oxygen atoms in total. The predicted octanol–water partition coefficient (Wildman–Crippen LogP) is 5.48. The Bertz CT molecular complexity index is 934. The minimum atomic E-state index is 0.562. The Hall–Kier alpha value is -2.41. The third kappa shape index (κ3) is 2.46. The monoisotopic (exact) mass is 299 g/mol. The molecule has 1 heteroatoms. The molecular formula is C22H21N. The molecular weight excluding hydrogens is 278 g/mol. The molecule has 1 unspecified atom stereocenters. The maximum atomic E-state index is 4.54. The van der Waals surface area contributed by atoms with Crippen LogP contribution in [0.5, 0.6) is 0 Å². The van der Waals surface area contributed by atoms with Gasteiger partial charge in [-0.15, -0.1) is 0 Å². The van der Waals surface area contributed by atoms with Crippen LogP contribution in [-0.2, 0) is 6.42 Å².